The molecule has 4 heteroatoms. The van der Waals surface area contributed by atoms with E-state index in [0.717, 1.165) is 0 Å². The van der Waals surface area contributed by atoms with E-state index in [1.807, 2.05) is 0 Å². The molecule has 0 spiro atoms. The van der Waals surface area contributed by atoms with Crippen LogP contribution in [0.3, 0.4) is 0 Å². The predicted molar refractivity (Wildman–Crippen MR) is 80.7 cm³/mol. The quantitative estimate of drug-likeness (QED) is 0.617. The molecule has 84 valence electrons. The Bertz CT molecular complexity index is 124. The first kappa shape index (κ1) is 13.5. The van der Waals surface area contributed by atoms with E-state index in [0.29, 0.717) is 21.8 Å². The highest BCUT2D eigenvalue weighted by atomic mass is 32.2. The van der Waals surface area contributed by atoms with Crippen molar-refractivity contribution in [3.63, 3.8) is 0 Å². The molecule has 0 amide bonds. The van der Waals surface area contributed by atoms with Crippen molar-refractivity contribution in [2.45, 2.75) is 0 Å². The van der Waals surface area contributed by atoms with E-state index in [-0.39, 0.29) is 0 Å². The van der Waals surface area contributed by atoms with Gasteiger partial charge in [0.2, 0.25) is 0 Å². The molecule has 0 saturated carbocycles. The summed E-state index contributed by atoms with van der Waals surface area (Å²) in [6, 6.07) is 0. The predicted octanol–water partition coefficient (Wildman–Crippen LogP) is 1.96. The van der Waals surface area contributed by atoms with E-state index >= 15 is 0 Å². The van der Waals surface area contributed by atoms with Crippen LogP contribution in [-0.4, -0.2) is 58.5 Å². The van der Waals surface area contributed by atoms with Crippen molar-refractivity contribution >= 4 is 45.3 Å². The summed E-state index contributed by atoms with van der Waals surface area (Å²) in [7, 11) is 1.42. The fraction of sp³-hybridized carbons (Fsp3) is 1.00. The minimum atomic E-state index is 0.708. The summed E-state index contributed by atoms with van der Waals surface area (Å²) in [6.07, 6.45) is 4.91. The maximum atomic E-state index is 2.46. The number of thioether (sulfide) groups is 2. The molecule has 0 aromatic rings. The average Bonchev–Trinajstić information content (AvgIpc) is 2.17. The van der Waals surface area contributed by atoms with Gasteiger partial charge in [0.25, 0.3) is 0 Å². The number of rotatable bonds is 0. The lowest BCUT2D eigenvalue weighted by Gasteiger charge is -2.07. The molecule has 0 aromatic heterocycles. The van der Waals surface area contributed by atoms with Gasteiger partial charge in [-0.15, -0.1) is 0 Å². The lowest BCUT2D eigenvalue weighted by Crippen LogP contribution is -2.22. The second-order valence-corrected chi connectivity index (χ2v) is 10.8. The van der Waals surface area contributed by atoms with Gasteiger partial charge in [-0.1, -0.05) is 0 Å². The Hall–Kier alpha value is 1.40. The van der Waals surface area contributed by atoms with Crippen LogP contribution in [0.15, 0.2) is 0 Å². The van der Waals surface area contributed by atoms with E-state index < -0.39 is 0 Å². The molecule has 1 heterocycles. The fourth-order valence-electron chi connectivity index (χ4n) is 1.21. The Morgan fingerprint density at radius 3 is 1.50 bits per heavy atom. The van der Waals surface area contributed by atoms with Gasteiger partial charge in [0.1, 0.15) is 11.5 Å². The molecule has 1 fully saturated rings. The van der Waals surface area contributed by atoms with Gasteiger partial charge in [0.15, 0.2) is 11.5 Å². The van der Waals surface area contributed by atoms with E-state index in [2.05, 4.69) is 36.0 Å². The lowest BCUT2D eigenvalue weighted by molar-refractivity contribution is 1.40. The fourth-order valence-corrected chi connectivity index (χ4v) is 8.47. The molecule has 0 aliphatic carbocycles. The summed E-state index contributed by atoms with van der Waals surface area (Å²) in [5.41, 5.74) is 0. The van der Waals surface area contributed by atoms with E-state index in [4.69, 9.17) is 0 Å². The first-order valence-corrected chi connectivity index (χ1v) is 11.4. The van der Waals surface area contributed by atoms with Crippen molar-refractivity contribution in [1.82, 2.24) is 0 Å². The molecule has 2 unspecified atom stereocenters. The first-order chi connectivity index (χ1) is 6.79. The smallest absolute Gasteiger partial charge is 0.152 e. The van der Waals surface area contributed by atoms with Gasteiger partial charge in [-0.25, -0.2) is 0 Å². The Kier molecular flexibility index (Phi) is 8.21. The summed E-state index contributed by atoms with van der Waals surface area (Å²) < 4.78 is 0. The normalized spacial score (nSPS) is 33.0. The van der Waals surface area contributed by atoms with E-state index in [1.54, 1.807) is 0 Å². The Morgan fingerprint density at radius 2 is 1.07 bits per heavy atom. The molecule has 2 atom stereocenters. The summed E-state index contributed by atoms with van der Waals surface area (Å²) in [5.74, 6) is 11.5. The lowest BCUT2D eigenvalue weighted by atomic mass is 10.9. The molecular weight excluding hydrogens is 248 g/mol. The van der Waals surface area contributed by atoms with Gasteiger partial charge >= 0.3 is 0 Å². The molecule has 1 rings (SSSR count). The molecule has 0 N–H and O–H groups in total. The summed E-state index contributed by atoms with van der Waals surface area (Å²) in [6.45, 7) is 0. The maximum absolute atomic E-state index is 2.46. The van der Waals surface area contributed by atoms with Gasteiger partial charge in [-0.2, -0.15) is 23.5 Å². The maximum Gasteiger partial charge on any atom is 0.152 e. The molecule has 0 radical (unpaired) electrons. The molecular formula is C10H22S4+2. The van der Waals surface area contributed by atoms with Crippen molar-refractivity contribution in [3.8, 4) is 0 Å². The zero-order valence-corrected chi connectivity index (χ0v) is 12.6. The number of hydrogen-bond acceptors (Lipinski definition) is 2. The Morgan fingerprint density at radius 1 is 0.643 bits per heavy atom. The van der Waals surface area contributed by atoms with Crippen LogP contribution < -0.4 is 0 Å². The van der Waals surface area contributed by atoms with Crippen LogP contribution in [0.2, 0.25) is 0 Å². The highest BCUT2D eigenvalue weighted by Crippen LogP contribution is 2.11. The Labute approximate surface area is 103 Å². The molecule has 0 aromatic carbocycles. The van der Waals surface area contributed by atoms with Crippen LogP contribution in [-0.2, 0) is 21.8 Å². The molecule has 14 heavy (non-hydrogen) atoms. The average molecular weight is 271 g/mol. The Balaban J connectivity index is 2.22. The molecule has 0 nitrogen and oxygen atoms in total. The minimum absolute atomic E-state index is 0.708. The topological polar surface area (TPSA) is 0 Å². The largest absolute Gasteiger partial charge is 0.156 e. The molecule has 0 bridgehead atoms. The van der Waals surface area contributed by atoms with Crippen LogP contribution in [0.1, 0.15) is 0 Å². The molecule has 1 aliphatic rings. The van der Waals surface area contributed by atoms with Gasteiger partial charge in [-0.05, 0) is 21.8 Å². The van der Waals surface area contributed by atoms with Crippen LogP contribution in [0.5, 0.6) is 0 Å². The van der Waals surface area contributed by atoms with Crippen molar-refractivity contribution in [3.05, 3.63) is 0 Å². The molecule has 1 saturated heterocycles. The van der Waals surface area contributed by atoms with Crippen LogP contribution in [0, 0.1) is 0 Å². The monoisotopic (exact) mass is 270 g/mol. The number of hydrogen-bond donors (Lipinski definition) is 0. The highest BCUT2D eigenvalue weighted by Gasteiger charge is 2.18. The van der Waals surface area contributed by atoms with Gasteiger partial charge < -0.3 is 0 Å². The summed E-state index contributed by atoms with van der Waals surface area (Å²) in [5, 5.41) is 0. The van der Waals surface area contributed by atoms with Crippen LogP contribution in [0.25, 0.3) is 0 Å². The third-order valence-corrected chi connectivity index (χ3v) is 8.91. The standard InChI is InChI=1S/C10H22S4/c1-13-7-5-11-3-4-12-6-8-14(2)10-9-13/h3-10H2,1-2H3/q+2. The third-order valence-electron chi connectivity index (χ3n) is 2.30. The zero-order chi connectivity index (χ0) is 10.2. The second kappa shape index (κ2) is 8.54. The molecule has 1 aliphatic heterocycles. The summed E-state index contributed by atoms with van der Waals surface area (Å²) in [4.78, 5) is 0. The van der Waals surface area contributed by atoms with Crippen molar-refractivity contribution in [1.29, 1.82) is 0 Å². The first-order valence-electron chi connectivity index (χ1n) is 5.13. The minimum Gasteiger partial charge on any atom is -0.156 e. The van der Waals surface area contributed by atoms with E-state index in [1.165, 1.54) is 46.0 Å². The van der Waals surface area contributed by atoms with Gasteiger partial charge in [0, 0.05) is 23.0 Å². The van der Waals surface area contributed by atoms with Gasteiger partial charge in [-0.3, -0.25) is 0 Å². The SMILES string of the molecule is C[S+]1CCSCCSCC[S+](C)CC1. The summed E-state index contributed by atoms with van der Waals surface area (Å²) >= 11 is 4.32. The second-order valence-electron chi connectivity index (χ2n) is 3.60. The van der Waals surface area contributed by atoms with Crippen molar-refractivity contribution < 1.29 is 0 Å². The van der Waals surface area contributed by atoms with E-state index in [9.17, 15) is 0 Å². The van der Waals surface area contributed by atoms with Crippen LogP contribution >= 0.6 is 23.5 Å². The van der Waals surface area contributed by atoms with Crippen molar-refractivity contribution in [2.75, 3.05) is 58.5 Å². The zero-order valence-electron chi connectivity index (χ0n) is 9.29. The van der Waals surface area contributed by atoms with Crippen LogP contribution in [0.4, 0.5) is 0 Å². The van der Waals surface area contributed by atoms with Gasteiger partial charge in [0.05, 0.1) is 12.5 Å². The third kappa shape index (κ3) is 6.81. The van der Waals surface area contributed by atoms with Crippen molar-refractivity contribution in [2.24, 2.45) is 0 Å². The highest BCUT2D eigenvalue weighted by molar-refractivity contribution is 8.05.